The molecular formula is C38H62O11. The molecule has 1 heterocycles. The van der Waals surface area contributed by atoms with E-state index in [0.29, 0.717) is 25.2 Å². The molecule has 0 spiro atoms. The lowest BCUT2D eigenvalue weighted by atomic mass is 9.37. The number of hydrogen-bond acceptors (Lipinski definition) is 11. The molecule has 0 aromatic carbocycles. The van der Waals surface area contributed by atoms with E-state index >= 15 is 0 Å². The van der Waals surface area contributed by atoms with Crippen molar-refractivity contribution in [2.75, 3.05) is 6.61 Å². The zero-order chi connectivity index (χ0) is 36.3. The lowest BCUT2D eigenvalue weighted by molar-refractivity contribution is -0.375. The fourth-order valence-electron chi connectivity index (χ4n) is 13.2. The van der Waals surface area contributed by atoms with Gasteiger partial charge in [-0.05, 0) is 105 Å². The minimum atomic E-state index is -2.52. The van der Waals surface area contributed by atoms with Crippen LogP contribution in [0.5, 0.6) is 0 Å². The van der Waals surface area contributed by atoms with E-state index in [4.69, 9.17) is 14.2 Å². The summed E-state index contributed by atoms with van der Waals surface area (Å²) in [6.07, 6.45) is 0.00835. The molecule has 49 heavy (non-hydrogen) atoms. The highest BCUT2D eigenvalue weighted by Gasteiger charge is 2.85. The number of rotatable bonds is 9. The summed E-state index contributed by atoms with van der Waals surface area (Å²) >= 11 is 0. The van der Waals surface area contributed by atoms with Crippen LogP contribution in [0.2, 0.25) is 0 Å². The van der Waals surface area contributed by atoms with E-state index in [9.17, 15) is 40.2 Å². The number of ether oxygens (including phenoxy) is 3. The first-order valence-electron chi connectivity index (χ1n) is 18.7. The summed E-state index contributed by atoms with van der Waals surface area (Å²) in [5, 5.41) is 65.0. The van der Waals surface area contributed by atoms with Crippen LogP contribution in [0, 0.1) is 50.7 Å². The number of carbonyl (C=O) groups is 2. The summed E-state index contributed by atoms with van der Waals surface area (Å²) in [7, 11) is 0. The molecule has 0 aromatic heterocycles. The third kappa shape index (κ3) is 5.50. The summed E-state index contributed by atoms with van der Waals surface area (Å²) in [4.78, 5) is 25.0. The largest absolute Gasteiger partial charge is 0.463 e. The highest BCUT2D eigenvalue weighted by atomic mass is 16.7. The zero-order valence-electron chi connectivity index (χ0n) is 30.8. The van der Waals surface area contributed by atoms with Crippen LogP contribution in [0.25, 0.3) is 0 Å². The third-order valence-electron chi connectivity index (χ3n) is 15.6. The third-order valence-corrected chi connectivity index (χ3v) is 15.6. The van der Waals surface area contributed by atoms with Gasteiger partial charge in [-0.1, -0.05) is 34.6 Å². The first kappa shape index (κ1) is 37.6. The van der Waals surface area contributed by atoms with E-state index in [2.05, 4.69) is 20.8 Å². The number of carbonyl (C=O) groups excluding carboxylic acids is 2. The van der Waals surface area contributed by atoms with Crippen molar-refractivity contribution in [3.8, 4) is 0 Å². The van der Waals surface area contributed by atoms with Crippen molar-refractivity contribution < 1.29 is 54.4 Å². The van der Waals surface area contributed by atoms with E-state index in [-0.39, 0.29) is 52.8 Å². The molecule has 14 atom stereocenters. The van der Waals surface area contributed by atoms with E-state index in [1.807, 2.05) is 13.8 Å². The van der Waals surface area contributed by atoms with Crippen LogP contribution in [0.15, 0.2) is 0 Å². The van der Waals surface area contributed by atoms with Crippen molar-refractivity contribution in [1.29, 1.82) is 0 Å². The van der Waals surface area contributed by atoms with Gasteiger partial charge in [-0.2, -0.15) is 0 Å². The molecule has 6 N–H and O–H groups in total. The number of aliphatic hydroxyl groups excluding tert-OH is 3. The van der Waals surface area contributed by atoms with Crippen LogP contribution in [0.3, 0.4) is 0 Å². The predicted molar refractivity (Wildman–Crippen MR) is 177 cm³/mol. The summed E-state index contributed by atoms with van der Waals surface area (Å²) in [5.74, 6) is -2.19. The van der Waals surface area contributed by atoms with Crippen molar-refractivity contribution in [2.24, 2.45) is 50.7 Å². The molecular weight excluding hydrogens is 632 g/mol. The Bertz CT molecular complexity index is 1310. The summed E-state index contributed by atoms with van der Waals surface area (Å²) in [6, 6.07) is 0. The van der Waals surface area contributed by atoms with Crippen LogP contribution in [0.1, 0.15) is 120 Å². The van der Waals surface area contributed by atoms with Crippen molar-refractivity contribution in [1.82, 2.24) is 0 Å². The van der Waals surface area contributed by atoms with Crippen molar-refractivity contribution in [3.05, 3.63) is 0 Å². The van der Waals surface area contributed by atoms with Crippen molar-refractivity contribution in [2.45, 2.75) is 168 Å². The van der Waals surface area contributed by atoms with Crippen LogP contribution in [-0.2, 0) is 23.8 Å². The Labute approximate surface area is 291 Å². The second-order valence-corrected chi connectivity index (χ2v) is 18.8. The number of fused-ring (bicyclic) bond motifs is 3. The molecule has 11 heteroatoms. The molecule has 14 unspecified atom stereocenters. The molecule has 0 radical (unpaired) electrons. The van der Waals surface area contributed by atoms with Gasteiger partial charge < -0.3 is 44.8 Å². The average Bonchev–Trinajstić information content (AvgIpc) is 3.56. The van der Waals surface area contributed by atoms with Crippen LogP contribution in [-0.4, -0.2) is 97.2 Å². The first-order chi connectivity index (χ1) is 22.5. The highest BCUT2D eigenvalue weighted by Crippen LogP contribution is 2.91. The standard InChI is InChI=1S/C38H62O11/c1-20(15-24(40)29(42)33(5,6)44)23-9-14-37-19-36(23,37)13-10-25-34(7)12-11-27(41)32(3,4)26(34)16-28(35(25,37)8)49-31-30(43)38(45,46)17-22(48-31)18-47-21(2)39/h20,22-26,28-31,40,42-46H,9-19H2,1-8H3. The van der Waals surface area contributed by atoms with Crippen LogP contribution >= 0.6 is 0 Å². The van der Waals surface area contributed by atoms with Gasteiger partial charge in [0.15, 0.2) is 18.2 Å². The van der Waals surface area contributed by atoms with E-state index in [1.165, 1.54) is 20.8 Å². The molecule has 0 aromatic rings. The molecule has 0 bridgehead atoms. The molecule has 0 amide bonds. The Morgan fingerprint density at radius 3 is 2.37 bits per heavy atom. The Balaban J connectivity index is 1.35. The maximum absolute atomic E-state index is 13.5. The monoisotopic (exact) mass is 694 g/mol. The minimum absolute atomic E-state index is 0.00347. The Hall–Kier alpha value is -1.18. The summed E-state index contributed by atoms with van der Waals surface area (Å²) < 4.78 is 18.2. The molecule has 6 rings (SSSR count). The second-order valence-electron chi connectivity index (χ2n) is 18.8. The number of esters is 1. The fourth-order valence-corrected chi connectivity index (χ4v) is 13.2. The first-order valence-corrected chi connectivity index (χ1v) is 18.7. The SMILES string of the molecule is CC(=O)OCC1CC(O)(O)C(O)C(OC2CC3C(C)(C)C(=O)CCC3(C)C3CCC45CC4(CCC5C(C)CC(O)C(O)C(C)(C)O)C23C)O1. The molecule has 1 saturated heterocycles. The lowest BCUT2D eigenvalue weighted by Crippen LogP contribution is -2.68. The summed E-state index contributed by atoms with van der Waals surface area (Å²) in [6.45, 7) is 15.0. The van der Waals surface area contributed by atoms with Gasteiger partial charge in [0.2, 0.25) is 0 Å². The van der Waals surface area contributed by atoms with Gasteiger partial charge in [0.05, 0.1) is 17.8 Å². The molecule has 6 aliphatic rings. The second kappa shape index (κ2) is 11.9. The molecule has 6 fully saturated rings. The number of ketones is 1. The molecule has 5 aliphatic carbocycles. The van der Waals surface area contributed by atoms with Gasteiger partial charge in [-0.3, -0.25) is 9.59 Å². The Kier molecular flexibility index (Phi) is 9.14. The van der Waals surface area contributed by atoms with Gasteiger partial charge in [-0.25, -0.2) is 0 Å². The Morgan fingerprint density at radius 1 is 1.06 bits per heavy atom. The zero-order valence-corrected chi connectivity index (χ0v) is 30.8. The molecule has 1 aliphatic heterocycles. The quantitative estimate of drug-likeness (QED) is 0.118. The summed E-state index contributed by atoms with van der Waals surface area (Å²) in [5.41, 5.74) is -2.63. The van der Waals surface area contributed by atoms with Crippen LogP contribution < -0.4 is 0 Å². The van der Waals surface area contributed by atoms with Crippen molar-refractivity contribution >= 4 is 11.8 Å². The highest BCUT2D eigenvalue weighted by molar-refractivity contribution is 5.85. The predicted octanol–water partition coefficient (Wildman–Crippen LogP) is 3.23. The normalized spacial score (nSPS) is 47.1. The lowest BCUT2D eigenvalue weighted by Gasteiger charge is -2.68. The number of Topliss-reactive ketones (excluding diaryl/α,β-unsaturated/α-hetero) is 1. The number of aliphatic hydroxyl groups is 6. The van der Waals surface area contributed by atoms with Gasteiger partial charge in [0, 0.05) is 30.6 Å². The minimum Gasteiger partial charge on any atom is -0.463 e. The van der Waals surface area contributed by atoms with E-state index < -0.39 is 65.0 Å². The number of hydrogen-bond donors (Lipinski definition) is 6. The van der Waals surface area contributed by atoms with E-state index in [1.54, 1.807) is 0 Å². The molecule has 11 nitrogen and oxygen atoms in total. The van der Waals surface area contributed by atoms with Crippen LogP contribution in [0.4, 0.5) is 0 Å². The van der Waals surface area contributed by atoms with Crippen molar-refractivity contribution in [3.63, 3.8) is 0 Å². The average molecular weight is 695 g/mol. The fraction of sp³-hybridized carbons (Fsp3) is 0.947. The Morgan fingerprint density at radius 2 is 1.73 bits per heavy atom. The topological polar surface area (TPSA) is 183 Å². The van der Waals surface area contributed by atoms with Gasteiger partial charge in [0.1, 0.15) is 24.6 Å². The molecule has 280 valence electrons. The maximum Gasteiger partial charge on any atom is 0.302 e. The van der Waals surface area contributed by atoms with Gasteiger partial charge >= 0.3 is 5.97 Å². The molecule has 5 saturated carbocycles. The van der Waals surface area contributed by atoms with E-state index in [0.717, 1.165) is 38.5 Å². The maximum atomic E-state index is 13.5. The van der Waals surface area contributed by atoms with Gasteiger partial charge in [0.25, 0.3) is 0 Å². The smallest absolute Gasteiger partial charge is 0.302 e. The van der Waals surface area contributed by atoms with Gasteiger partial charge in [-0.15, -0.1) is 0 Å².